The number of anilines is 1. The highest BCUT2D eigenvalue weighted by molar-refractivity contribution is 6.39. The Kier molecular flexibility index (Phi) is 6.60. The lowest BCUT2D eigenvalue weighted by Gasteiger charge is -2.26. The highest BCUT2D eigenvalue weighted by Gasteiger charge is 2.37. The van der Waals surface area contributed by atoms with Gasteiger partial charge in [-0.3, -0.25) is 14.9 Å². The van der Waals surface area contributed by atoms with Crippen molar-refractivity contribution in [2.24, 2.45) is 0 Å². The molecule has 3 aromatic rings. The molecule has 1 N–H and O–H groups in total. The van der Waals surface area contributed by atoms with E-state index in [0.717, 1.165) is 11.6 Å². The van der Waals surface area contributed by atoms with E-state index < -0.39 is 23.7 Å². The molecule has 0 atom stereocenters. The van der Waals surface area contributed by atoms with E-state index in [1.54, 1.807) is 24.3 Å². The number of imide groups is 2. The molecule has 0 radical (unpaired) electrons. The van der Waals surface area contributed by atoms with E-state index in [1.165, 1.54) is 31.4 Å². The van der Waals surface area contributed by atoms with Gasteiger partial charge in [-0.1, -0.05) is 48.0 Å². The van der Waals surface area contributed by atoms with Gasteiger partial charge in [0, 0.05) is 10.6 Å². The minimum Gasteiger partial charge on any atom is -0.493 e. The summed E-state index contributed by atoms with van der Waals surface area (Å²) >= 11 is 6.16. The van der Waals surface area contributed by atoms with Gasteiger partial charge in [-0.25, -0.2) is 14.1 Å². The summed E-state index contributed by atoms with van der Waals surface area (Å²) in [5.41, 5.74) is 0.627. The van der Waals surface area contributed by atoms with Gasteiger partial charge in [0.15, 0.2) is 11.5 Å². The number of urea groups is 1. The van der Waals surface area contributed by atoms with Crippen molar-refractivity contribution in [3.05, 3.63) is 94.3 Å². The van der Waals surface area contributed by atoms with Crippen LogP contribution in [0.2, 0.25) is 5.02 Å². The van der Waals surface area contributed by atoms with Crippen molar-refractivity contribution in [3.63, 3.8) is 0 Å². The van der Waals surface area contributed by atoms with Crippen LogP contribution in [0.1, 0.15) is 11.1 Å². The van der Waals surface area contributed by atoms with E-state index in [4.69, 9.17) is 21.1 Å². The van der Waals surface area contributed by atoms with Crippen LogP contribution in [0.25, 0.3) is 6.08 Å². The first-order valence-corrected chi connectivity index (χ1v) is 10.5. The Morgan fingerprint density at radius 2 is 1.74 bits per heavy atom. The highest BCUT2D eigenvalue weighted by Crippen LogP contribution is 2.31. The van der Waals surface area contributed by atoms with E-state index in [2.05, 4.69) is 5.32 Å². The molecule has 172 valence electrons. The molecule has 7 nitrogen and oxygen atoms in total. The standard InChI is InChI=1S/C25H18ClFN2O5/c1-33-22-13-15(10-11-21(22)34-14-16-6-2-3-7-18(16)26)12-17-23(30)28-25(32)29(24(17)31)20-9-5-4-8-19(20)27/h2-13H,14H2,1H3,(H,28,30,32)/b17-12-. The number of halogens is 2. The Bertz CT molecular complexity index is 1320. The number of nitrogens with one attached hydrogen (secondary N) is 1. The van der Waals surface area contributed by atoms with Crippen LogP contribution >= 0.6 is 11.6 Å². The van der Waals surface area contributed by atoms with E-state index in [9.17, 15) is 18.8 Å². The number of hydrogen-bond acceptors (Lipinski definition) is 5. The third kappa shape index (κ3) is 4.62. The van der Waals surface area contributed by atoms with Gasteiger partial charge in [0.25, 0.3) is 11.8 Å². The summed E-state index contributed by atoms with van der Waals surface area (Å²) in [6, 6.07) is 16.3. The molecule has 0 aliphatic carbocycles. The predicted molar refractivity (Wildman–Crippen MR) is 124 cm³/mol. The predicted octanol–water partition coefficient (Wildman–Crippen LogP) is 4.73. The van der Waals surface area contributed by atoms with Gasteiger partial charge in [-0.05, 0) is 42.0 Å². The van der Waals surface area contributed by atoms with E-state index in [0.29, 0.717) is 27.0 Å². The van der Waals surface area contributed by atoms with Crippen LogP contribution in [-0.2, 0) is 16.2 Å². The maximum atomic E-state index is 14.2. The number of barbiturate groups is 1. The Hall–Kier alpha value is -4.17. The third-order valence-electron chi connectivity index (χ3n) is 5.03. The van der Waals surface area contributed by atoms with Crippen LogP contribution in [0.5, 0.6) is 11.5 Å². The van der Waals surface area contributed by atoms with E-state index in [-0.39, 0.29) is 17.9 Å². The monoisotopic (exact) mass is 480 g/mol. The summed E-state index contributed by atoms with van der Waals surface area (Å²) in [6.45, 7) is 0.205. The lowest BCUT2D eigenvalue weighted by Crippen LogP contribution is -2.54. The maximum absolute atomic E-state index is 14.2. The van der Waals surface area contributed by atoms with Gasteiger partial charge < -0.3 is 9.47 Å². The largest absolute Gasteiger partial charge is 0.493 e. The zero-order valence-electron chi connectivity index (χ0n) is 17.9. The van der Waals surface area contributed by atoms with Gasteiger partial charge in [-0.15, -0.1) is 0 Å². The number of nitrogens with zero attached hydrogens (tertiary/aromatic N) is 1. The lowest BCUT2D eigenvalue weighted by atomic mass is 10.1. The summed E-state index contributed by atoms with van der Waals surface area (Å²) in [4.78, 5) is 38.2. The average Bonchev–Trinajstić information content (AvgIpc) is 2.82. The molecule has 1 saturated heterocycles. The smallest absolute Gasteiger partial charge is 0.336 e. The van der Waals surface area contributed by atoms with Crippen molar-refractivity contribution in [3.8, 4) is 11.5 Å². The second-order valence-electron chi connectivity index (χ2n) is 7.20. The molecule has 0 bridgehead atoms. The van der Waals surface area contributed by atoms with Gasteiger partial charge in [-0.2, -0.15) is 0 Å². The second-order valence-corrected chi connectivity index (χ2v) is 7.61. The SMILES string of the molecule is COc1cc(/C=C2/C(=O)NC(=O)N(c3ccccc3F)C2=O)ccc1OCc1ccccc1Cl. The summed E-state index contributed by atoms with van der Waals surface area (Å²) in [6.07, 6.45) is 1.29. The molecule has 1 aliphatic rings. The number of carbonyl (C=O) groups excluding carboxylic acids is 3. The maximum Gasteiger partial charge on any atom is 0.336 e. The van der Waals surface area contributed by atoms with Crippen molar-refractivity contribution < 1.29 is 28.2 Å². The molecular weight excluding hydrogens is 463 g/mol. The number of para-hydroxylation sites is 1. The molecular formula is C25H18ClFN2O5. The van der Waals surface area contributed by atoms with Gasteiger partial charge in [0.1, 0.15) is 18.0 Å². The van der Waals surface area contributed by atoms with Crippen molar-refractivity contribution in [1.82, 2.24) is 5.32 Å². The average molecular weight is 481 g/mol. The van der Waals surface area contributed by atoms with E-state index in [1.807, 2.05) is 18.2 Å². The van der Waals surface area contributed by atoms with Crippen molar-refractivity contribution in [2.75, 3.05) is 12.0 Å². The molecule has 9 heteroatoms. The van der Waals surface area contributed by atoms with Crippen molar-refractivity contribution in [2.45, 2.75) is 6.61 Å². The first kappa shape index (κ1) is 23.0. The van der Waals surface area contributed by atoms with Crippen LogP contribution in [0.15, 0.2) is 72.3 Å². The molecule has 34 heavy (non-hydrogen) atoms. The number of carbonyl (C=O) groups is 3. The molecule has 1 fully saturated rings. The number of hydrogen-bond donors (Lipinski definition) is 1. The second kappa shape index (κ2) is 9.76. The molecule has 0 saturated carbocycles. The number of ether oxygens (including phenoxy) is 2. The van der Waals surface area contributed by atoms with Crippen molar-refractivity contribution >= 4 is 41.2 Å². The van der Waals surface area contributed by atoms with Crippen LogP contribution < -0.4 is 19.7 Å². The zero-order valence-corrected chi connectivity index (χ0v) is 18.6. The fourth-order valence-electron chi connectivity index (χ4n) is 3.34. The number of benzene rings is 3. The third-order valence-corrected chi connectivity index (χ3v) is 5.40. The van der Waals surface area contributed by atoms with Crippen LogP contribution in [0.3, 0.4) is 0 Å². The molecule has 1 heterocycles. The molecule has 0 spiro atoms. The Labute approximate surface area is 199 Å². The molecule has 0 unspecified atom stereocenters. The van der Waals surface area contributed by atoms with Gasteiger partial charge in [0.05, 0.1) is 12.8 Å². The van der Waals surface area contributed by atoms with Crippen molar-refractivity contribution in [1.29, 1.82) is 0 Å². The van der Waals surface area contributed by atoms with E-state index >= 15 is 0 Å². The fourth-order valence-corrected chi connectivity index (χ4v) is 3.53. The normalized spacial score (nSPS) is 14.9. The van der Waals surface area contributed by atoms with Crippen LogP contribution in [0.4, 0.5) is 14.9 Å². The summed E-state index contributed by atoms with van der Waals surface area (Å²) in [7, 11) is 1.45. The zero-order chi connectivity index (χ0) is 24.2. The number of amides is 4. The molecule has 3 aromatic carbocycles. The number of rotatable bonds is 6. The molecule has 4 rings (SSSR count). The summed E-state index contributed by atoms with van der Waals surface area (Å²) in [5, 5.41) is 2.63. The quantitative estimate of drug-likeness (QED) is 0.407. The van der Waals surface area contributed by atoms with Crippen LogP contribution in [-0.4, -0.2) is 25.0 Å². The molecule has 0 aromatic heterocycles. The Morgan fingerprint density at radius 3 is 2.47 bits per heavy atom. The fraction of sp³-hybridized carbons (Fsp3) is 0.0800. The van der Waals surface area contributed by atoms with Gasteiger partial charge >= 0.3 is 6.03 Å². The summed E-state index contributed by atoms with van der Waals surface area (Å²) < 4.78 is 25.4. The lowest BCUT2D eigenvalue weighted by molar-refractivity contribution is -0.122. The first-order chi connectivity index (χ1) is 16.4. The topological polar surface area (TPSA) is 84.9 Å². The highest BCUT2D eigenvalue weighted by atomic mass is 35.5. The molecule has 4 amide bonds. The number of methoxy groups -OCH3 is 1. The minimum atomic E-state index is -1.03. The summed E-state index contributed by atoms with van der Waals surface area (Å²) in [5.74, 6) is -1.84. The Morgan fingerprint density at radius 1 is 1.00 bits per heavy atom. The van der Waals surface area contributed by atoms with Crippen LogP contribution in [0, 0.1) is 5.82 Å². The molecule has 1 aliphatic heterocycles. The minimum absolute atomic E-state index is 0.205. The Balaban J connectivity index is 1.61. The van der Waals surface area contributed by atoms with Gasteiger partial charge in [0.2, 0.25) is 0 Å². The first-order valence-electron chi connectivity index (χ1n) is 10.1.